The summed E-state index contributed by atoms with van der Waals surface area (Å²) in [6.45, 7) is 3.81. The van der Waals surface area contributed by atoms with Crippen LogP contribution in [0.15, 0.2) is 30.3 Å². The molecule has 2 aromatic carbocycles. The summed E-state index contributed by atoms with van der Waals surface area (Å²) in [4.78, 5) is 26.1. The van der Waals surface area contributed by atoms with E-state index in [0.717, 1.165) is 44.6 Å². The summed E-state index contributed by atoms with van der Waals surface area (Å²) in [5.41, 5.74) is 1.83. The topological polar surface area (TPSA) is 114 Å². The summed E-state index contributed by atoms with van der Waals surface area (Å²) < 4.78 is 35.2. The largest absolute Gasteiger partial charge is 0.493 e. The molecule has 7 rings (SSSR count). The van der Waals surface area contributed by atoms with Gasteiger partial charge in [-0.15, -0.1) is 0 Å². The molecule has 0 spiro atoms. The first-order valence-electron chi connectivity index (χ1n) is 12.3. The minimum absolute atomic E-state index is 0.0237. The molecule has 1 saturated carbocycles. The number of amides is 1. The molecule has 3 fully saturated rings. The highest BCUT2D eigenvalue weighted by molar-refractivity contribution is 7.54. The van der Waals surface area contributed by atoms with Crippen molar-refractivity contribution in [2.75, 3.05) is 32.8 Å². The maximum absolute atomic E-state index is 13.6. The van der Waals surface area contributed by atoms with Crippen LogP contribution in [0.1, 0.15) is 46.9 Å². The van der Waals surface area contributed by atoms with E-state index in [2.05, 4.69) is 0 Å². The summed E-state index contributed by atoms with van der Waals surface area (Å²) in [6, 6.07) is 8.43. The first-order chi connectivity index (χ1) is 17.4. The minimum Gasteiger partial charge on any atom is -0.493 e. The molecule has 0 bridgehead atoms. The standard InChI is InChI=1S/C24H25N4O7P/c29-24-18-11-17(4-1-15(18)14-27(24)16-2-3-16)34-23-12-19-21(5-10-33-22(19)13-20(23)28(30)31)35-36(32,25-6-7-25)26-8-9-26/h1,4,11-13,16,21H,2-3,5-10,14H2/t21-/m0/s1. The van der Waals surface area contributed by atoms with E-state index < -0.39 is 18.7 Å². The summed E-state index contributed by atoms with van der Waals surface area (Å²) in [7, 11) is -3.11. The van der Waals surface area contributed by atoms with Crippen LogP contribution < -0.4 is 9.47 Å². The van der Waals surface area contributed by atoms with Crippen molar-refractivity contribution in [3.05, 3.63) is 57.1 Å². The van der Waals surface area contributed by atoms with Gasteiger partial charge in [0.05, 0.1) is 23.7 Å². The van der Waals surface area contributed by atoms with Gasteiger partial charge < -0.3 is 14.4 Å². The van der Waals surface area contributed by atoms with E-state index >= 15 is 0 Å². The molecule has 1 amide bonds. The second-order valence-electron chi connectivity index (χ2n) is 9.83. The zero-order valence-electron chi connectivity index (χ0n) is 19.5. The van der Waals surface area contributed by atoms with Crippen LogP contribution in [0.5, 0.6) is 17.2 Å². The highest BCUT2D eigenvalue weighted by Crippen LogP contribution is 2.64. The molecule has 0 radical (unpaired) electrons. The summed E-state index contributed by atoms with van der Waals surface area (Å²) in [5.74, 6) is 0.671. The SMILES string of the molecule is O=C1c2cc(Oc3cc4c(cc3[N+](=O)[O-])OCC[C@@H]4OP(=O)(N3CC3)N3CC3)ccc2CN1C1CC1. The molecule has 2 saturated heterocycles. The number of ether oxygens (including phenoxy) is 2. The Hall–Kier alpha value is -2.98. The molecule has 5 aliphatic rings. The lowest BCUT2D eigenvalue weighted by molar-refractivity contribution is -0.385. The van der Waals surface area contributed by atoms with Crippen LogP contribution in [0.3, 0.4) is 0 Å². The molecule has 36 heavy (non-hydrogen) atoms. The van der Waals surface area contributed by atoms with E-state index in [1.54, 1.807) is 18.2 Å². The van der Waals surface area contributed by atoms with Crippen LogP contribution >= 0.6 is 7.67 Å². The molecule has 1 atom stereocenters. The predicted molar refractivity (Wildman–Crippen MR) is 127 cm³/mol. The van der Waals surface area contributed by atoms with Gasteiger partial charge in [0, 0.05) is 56.3 Å². The van der Waals surface area contributed by atoms with Crippen LogP contribution in [0.2, 0.25) is 0 Å². The number of hydrogen-bond acceptors (Lipinski definition) is 7. The van der Waals surface area contributed by atoms with Gasteiger partial charge in [0.2, 0.25) is 5.75 Å². The molecule has 0 N–H and O–H groups in total. The molecule has 0 unspecified atom stereocenters. The average Bonchev–Trinajstić information content (AvgIpc) is 3.71. The van der Waals surface area contributed by atoms with E-state index in [1.807, 2.05) is 20.3 Å². The molecule has 11 nitrogen and oxygen atoms in total. The zero-order valence-corrected chi connectivity index (χ0v) is 20.4. The van der Waals surface area contributed by atoms with Crippen LogP contribution in [-0.4, -0.2) is 63.9 Å². The lowest BCUT2D eigenvalue weighted by atomic mass is 10.0. The van der Waals surface area contributed by atoms with Crippen LogP contribution in [-0.2, 0) is 15.6 Å². The monoisotopic (exact) mass is 512 g/mol. The number of hydrogen-bond donors (Lipinski definition) is 0. The van der Waals surface area contributed by atoms with Crippen molar-refractivity contribution in [3.8, 4) is 17.2 Å². The van der Waals surface area contributed by atoms with Gasteiger partial charge in [0.15, 0.2) is 0 Å². The summed E-state index contributed by atoms with van der Waals surface area (Å²) >= 11 is 0. The molecule has 4 aliphatic heterocycles. The molecular formula is C24H25N4O7P. The first-order valence-corrected chi connectivity index (χ1v) is 13.8. The van der Waals surface area contributed by atoms with Gasteiger partial charge in [-0.25, -0.2) is 9.34 Å². The predicted octanol–water partition coefficient (Wildman–Crippen LogP) is 4.08. The minimum atomic E-state index is -3.11. The summed E-state index contributed by atoms with van der Waals surface area (Å²) in [5, 5.41) is 11.9. The van der Waals surface area contributed by atoms with Gasteiger partial charge in [-0.05, 0) is 36.6 Å². The highest BCUT2D eigenvalue weighted by Gasteiger charge is 2.51. The number of nitro benzene ring substituents is 1. The fourth-order valence-electron chi connectivity index (χ4n) is 4.95. The lowest BCUT2D eigenvalue weighted by Crippen LogP contribution is -2.25. The van der Waals surface area contributed by atoms with Crippen molar-refractivity contribution >= 4 is 19.3 Å². The second kappa shape index (κ2) is 8.01. The number of benzene rings is 2. The number of nitro groups is 1. The Labute approximate surface area is 207 Å². The van der Waals surface area contributed by atoms with Gasteiger partial charge in [-0.3, -0.25) is 24.0 Å². The van der Waals surface area contributed by atoms with Crippen molar-refractivity contribution < 1.29 is 28.3 Å². The molecule has 0 aromatic heterocycles. The van der Waals surface area contributed by atoms with Crippen LogP contribution in [0, 0.1) is 10.1 Å². The average molecular weight is 512 g/mol. The normalized spacial score (nSPS) is 23.2. The molecule has 2 aromatic rings. The second-order valence-corrected chi connectivity index (χ2v) is 12.2. The molecule has 1 aliphatic carbocycles. The van der Waals surface area contributed by atoms with Crippen molar-refractivity contribution in [1.29, 1.82) is 0 Å². The lowest BCUT2D eigenvalue weighted by Gasteiger charge is -2.30. The van der Waals surface area contributed by atoms with Crippen LogP contribution in [0.4, 0.5) is 5.69 Å². The van der Waals surface area contributed by atoms with E-state index in [4.69, 9.17) is 14.0 Å². The van der Waals surface area contributed by atoms with Crippen molar-refractivity contribution in [2.45, 2.75) is 38.0 Å². The maximum Gasteiger partial charge on any atom is 0.346 e. The summed E-state index contributed by atoms with van der Waals surface area (Å²) in [6.07, 6.45) is 1.98. The molecular weight excluding hydrogens is 487 g/mol. The fourth-order valence-corrected chi connectivity index (χ4v) is 7.32. The van der Waals surface area contributed by atoms with Crippen molar-refractivity contribution in [2.24, 2.45) is 0 Å². The van der Waals surface area contributed by atoms with E-state index in [9.17, 15) is 19.5 Å². The smallest absolute Gasteiger partial charge is 0.346 e. The maximum atomic E-state index is 13.6. The van der Waals surface area contributed by atoms with Gasteiger partial charge in [0.1, 0.15) is 11.5 Å². The van der Waals surface area contributed by atoms with Gasteiger partial charge >= 0.3 is 13.4 Å². The Morgan fingerprint density at radius 3 is 2.47 bits per heavy atom. The van der Waals surface area contributed by atoms with E-state index in [1.165, 1.54) is 6.07 Å². The number of carbonyl (C=O) groups excluding carboxylic acids is 1. The van der Waals surface area contributed by atoms with E-state index in [0.29, 0.717) is 48.2 Å². The number of rotatable bonds is 8. The molecule has 188 valence electrons. The fraction of sp³-hybridized carbons (Fsp3) is 0.458. The van der Waals surface area contributed by atoms with E-state index in [-0.39, 0.29) is 17.3 Å². The Bertz CT molecular complexity index is 1320. The quantitative estimate of drug-likeness (QED) is 0.223. The zero-order chi connectivity index (χ0) is 24.6. The Morgan fingerprint density at radius 2 is 1.81 bits per heavy atom. The molecule has 4 heterocycles. The van der Waals surface area contributed by atoms with Gasteiger partial charge in [-0.1, -0.05) is 6.07 Å². The third kappa shape index (κ3) is 3.78. The Balaban J connectivity index is 1.21. The van der Waals surface area contributed by atoms with Gasteiger partial charge in [0.25, 0.3) is 5.91 Å². The highest BCUT2D eigenvalue weighted by atomic mass is 31.2. The molecule has 12 heteroatoms. The third-order valence-corrected chi connectivity index (χ3v) is 9.99. The number of carbonyl (C=O) groups is 1. The third-order valence-electron chi connectivity index (χ3n) is 7.23. The van der Waals surface area contributed by atoms with Crippen molar-refractivity contribution in [1.82, 2.24) is 14.2 Å². The van der Waals surface area contributed by atoms with Gasteiger partial charge in [-0.2, -0.15) is 0 Å². The number of nitrogens with zero attached hydrogens (tertiary/aromatic N) is 4. The first kappa shape index (κ1) is 22.2. The number of fused-ring (bicyclic) bond motifs is 2. The Morgan fingerprint density at radius 1 is 1.06 bits per heavy atom. The Kier molecular flexibility index (Phi) is 4.95. The van der Waals surface area contributed by atoms with Crippen LogP contribution in [0.25, 0.3) is 0 Å². The van der Waals surface area contributed by atoms with Crippen molar-refractivity contribution in [3.63, 3.8) is 0 Å².